The number of rotatable bonds is 3. The van der Waals surface area contributed by atoms with Gasteiger partial charge in [-0.2, -0.15) is 5.10 Å². The lowest BCUT2D eigenvalue weighted by Gasteiger charge is -2.38. The van der Waals surface area contributed by atoms with Crippen LogP contribution in [0.25, 0.3) is 0 Å². The molecule has 0 aromatic heterocycles. The number of halogens is 3. The summed E-state index contributed by atoms with van der Waals surface area (Å²) in [5.74, 6) is 1.68. The van der Waals surface area contributed by atoms with Crippen molar-refractivity contribution in [2.45, 2.75) is 18.7 Å². The smallest absolute Gasteiger partial charge is 0.213 e. The normalized spacial score (nSPS) is 19.6. The molecule has 0 spiro atoms. The van der Waals surface area contributed by atoms with Gasteiger partial charge < -0.3 is 9.47 Å². The van der Waals surface area contributed by atoms with E-state index in [0.29, 0.717) is 0 Å². The van der Waals surface area contributed by atoms with Crippen molar-refractivity contribution in [3.05, 3.63) is 90.8 Å². The van der Waals surface area contributed by atoms with Crippen LogP contribution in [-0.2, 0) is 0 Å². The quantitative estimate of drug-likeness (QED) is 0.322. The van der Waals surface area contributed by atoms with E-state index in [1.54, 1.807) is 7.11 Å². The monoisotopic (exact) mass is 590 g/mol. The molecule has 2 aliphatic heterocycles. The fraction of sp³-hybridized carbons (Fsp3) is 0.174. The number of hydrogen-bond donors (Lipinski definition) is 0. The van der Waals surface area contributed by atoms with Gasteiger partial charge in [-0.3, -0.25) is 0 Å². The molecule has 0 amide bonds. The van der Waals surface area contributed by atoms with Crippen LogP contribution in [0.5, 0.6) is 11.5 Å². The fourth-order valence-corrected chi connectivity index (χ4v) is 5.54. The van der Waals surface area contributed by atoms with Gasteiger partial charge in [0.2, 0.25) is 6.23 Å². The second-order valence-electron chi connectivity index (χ2n) is 7.20. The van der Waals surface area contributed by atoms with Gasteiger partial charge in [-0.1, -0.05) is 44.0 Å². The summed E-state index contributed by atoms with van der Waals surface area (Å²) in [6.45, 7) is 0. The molecule has 152 valence electrons. The highest BCUT2D eigenvalue weighted by molar-refractivity contribution is 9.11. The second-order valence-corrected chi connectivity index (χ2v) is 9.89. The number of hydrogen-bond acceptors (Lipinski definition) is 4. The van der Waals surface area contributed by atoms with Crippen molar-refractivity contribution in [3.8, 4) is 11.5 Å². The van der Waals surface area contributed by atoms with Gasteiger partial charge >= 0.3 is 0 Å². The van der Waals surface area contributed by atoms with Gasteiger partial charge in [0.15, 0.2) is 0 Å². The van der Waals surface area contributed by atoms with Crippen LogP contribution in [0.3, 0.4) is 0 Å². The molecule has 4 nitrogen and oxygen atoms in total. The standard InChI is InChI=1S/C23H17Br3N2O2/c1-29-17-8-4-14(5-9-17)23-28-21(18-10-16(25)11-19(26)22(18)30-23)12-20(27-28)13-2-6-15(24)7-3-13/h2-11,21,23H,12H2,1H3/t21-,23-/m1/s1. The van der Waals surface area contributed by atoms with Crippen LogP contribution in [0.15, 0.2) is 79.2 Å². The molecule has 0 saturated carbocycles. The summed E-state index contributed by atoms with van der Waals surface area (Å²) < 4.78 is 14.8. The molecule has 3 aromatic rings. The Labute approximate surface area is 200 Å². The number of ether oxygens (including phenoxy) is 2. The summed E-state index contributed by atoms with van der Waals surface area (Å²) in [6.07, 6.45) is 0.493. The first-order chi connectivity index (χ1) is 14.5. The Morgan fingerprint density at radius 3 is 2.40 bits per heavy atom. The molecule has 30 heavy (non-hydrogen) atoms. The SMILES string of the molecule is COc1ccc([C@H]2Oc3c(Br)cc(Br)cc3[C@H]3CC(c4ccc(Br)cc4)=NN32)cc1. The molecule has 0 bridgehead atoms. The molecule has 2 atom stereocenters. The lowest BCUT2D eigenvalue weighted by molar-refractivity contribution is -0.0197. The highest BCUT2D eigenvalue weighted by atomic mass is 79.9. The van der Waals surface area contributed by atoms with E-state index in [4.69, 9.17) is 14.6 Å². The van der Waals surface area contributed by atoms with E-state index in [-0.39, 0.29) is 12.3 Å². The Balaban J connectivity index is 1.60. The maximum Gasteiger partial charge on any atom is 0.213 e. The number of hydrazone groups is 1. The minimum absolute atomic E-state index is 0.0910. The van der Waals surface area contributed by atoms with Gasteiger partial charge in [-0.05, 0) is 70.0 Å². The Hall–Kier alpha value is -1.83. The fourth-order valence-electron chi connectivity index (χ4n) is 3.92. The molecule has 0 radical (unpaired) electrons. The Morgan fingerprint density at radius 1 is 0.967 bits per heavy atom. The first-order valence-electron chi connectivity index (χ1n) is 9.45. The van der Waals surface area contributed by atoms with Crippen molar-refractivity contribution in [3.63, 3.8) is 0 Å². The van der Waals surface area contributed by atoms with Gasteiger partial charge in [0.05, 0.1) is 23.3 Å². The molecule has 0 N–H and O–H groups in total. The molecule has 0 fully saturated rings. The Bertz CT molecular complexity index is 1130. The molecular formula is C23H17Br3N2O2. The van der Waals surface area contributed by atoms with Gasteiger partial charge in [0, 0.05) is 26.5 Å². The minimum Gasteiger partial charge on any atom is -0.497 e. The summed E-state index contributed by atoms with van der Waals surface area (Å²) in [7, 11) is 1.67. The molecule has 0 aliphatic carbocycles. The number of benzene rings is 3. The summed E-state index contributed by atoms with van der Waals surface area (Å²) >= 11 is 10.8. The van der Waals surface area contributed by atoms with Crippen molar-refractivity contribution < 1.29 is 9.47 Å². The van der Waals surface area contributed by atoms with Gasteiger partial charge in [-0.25, -0.2) is 5.01 Å². The zero-order valence-electron chi connectivity index (χ0n) is 16.0. The van der Waals surface area contributed by atoms with Crippen LogP contribution in [-0.4, -0.2) is 17.8 Å². The van der Waals surface area contributed by atoms with Crippen LogP contribution in [0.2, 0.25) is 0 Å². The minimum atomic E-state index is -0.321. The van der Waals surface area contributed by atoms with Crippen LogP contribution < -0.4 is 9.47 Å². The van der Waals surface area contributed by atoms with Crippen molar-refractivity contribution in [1.29, 1.82) is 0 Å². The molecule has 3 aromatic carbocycles. The maximum absolute atomic E-state index is 6.50. The summed E-state index contributed by atoms with van der Waals surface area (Å²) in [5.41, 5.74) is 4.33. The highest BCUT2D eigenvalue weighted by Crippen LogP contribution is 2.50. The van der Waals surface area contributed by atoms with E-state index in [1.807, 2.05) is 42.5 Å². The predicted octanol–water partition coefficient (Wildman–Crippen LogP) is 7.23. The summed E-state index contributed by atoms with van der Waals surface area (Å²) in [5, 5.41) is 7.10. The Morgan fingerprint density at radius 2 is 1.70 bits per heavy atom. The topological polar surface area (TPSA) is 34.1 Å². The lowest BCUT2D eigenvalue weighted by atomic mass is 9.96. The predicted molar refractivity (Wildman–Crippen MR) is 128 cm³/mol. The van der Waals surface area contributed by atoms with E-state index in [9.17, 15) is 0 Å². The van der Waals surface area contributed by atoms with Crippen LogP contribution in [0.4, 0.5) is 0 Å². The van der Waals surface area contributed by atoms with Crippen LogP contribution in [0.1, 0.15) is 35.4 Å². The summed E-state index contributed by atoms with van der Waals surface area (Å²) in [6, 6.07) is 20.5. The molecule has 0 unspecified atom stereocenters. The number of methoxy groups -OCH3 is 1. The molecular weight excluding hydrogens is 576 g/mol. The third kappa shape index (κ3) is 3.57. The first-order valence-corrected chi connectivity index (χ1v) is 11.8. The number of nitrogens with zero attached hydrogens (tertiary/aromatic N) is 2. The molecule has 0 saturated heterocycles. The van der Waals surface area contributed by atoms with E-state index >= 15 is 0 Å². The molecule has 5 rings (SSSR count). The zero-order valence-corrected chi connectivity index (χ0v) is 20.7. The number of fused-ring (bicyclic) bond motifs is 3. The zero-order chi connectivity index (χ0) is 20.8. The third-order valence-electron chi connectivity index (χ3n) is 5.39. The highest BCUT2D eigenvalue weighted by Gasteiger charge is 2.41. The van der Waals surface area contributed by atoms with E-state index in [2.05, 4.69) is 71.0 Å². The average molecular weight is 593 g/mol. The van der Waals surface area contributed by atoms with Crippen molar-refractivity contribution in [1.82, 2.24) is 5.01 Å². The Kier molecular flexibility index (Phi) is 5.37. The summed E-state index contributed by atoms with van der Waals surface area (Å²) in [4.78, 5) is 0. The van der Waals surface area contributed by atoms with E-state index in [0.717, 1.165) is 53.7 Å². The average Bonchev–Trinajstić information content (AvgIpc) is 3.20. The van der Waals surface area contributed by atoms with Crippen LogP contribution >= 0.6 is 47.8 Å². The van der Waals surface area contributed by atoms with Crippen LogP contribution in [0, 0.1) is 0 Å². The first kappa shape index (κ1) is 20.1. The van der Waals surface area contributed by atoms with Gasteiger partial charge in [0.1, 0.15) is 11.5 Å². The van der Waals surface area contributed by atoms with E-state index in [1.165, 1.54) is 0 Å². The molecule has 2 heterocycles. The second kappa shape index (κ2) is 8.02. The van der Waals surface area contributed by atoms with E-state index < -0.39 is 0 Å². The van der Waals surface area contributed by atoms with Crippen molar-refractivity contribution in [2.24, 2.45) is 5.10 Å². The van der Waals surface area contributed by atoms with Gasteiger partial charge in [-0.15, -0.1) is 0 Å². The van der Waals surface area contributed by atoms with Gasteiger partial charge in [0.25, 0.3) is 0 Å². The lowest BCUT2D eigenvalue weighted by Crippen LogP contribution is -2.33. The van der Waals surface area contributed by atoms with Crippen molar-refractivity contribution in [2.75, 3.05) is 7.11 Å². The molecule has 2 aliphatic rings. The molecule has 7 heteroatoms. The largest absolute Gasteiger partial charge is 0.497 e. The van der Waals surface area contributed by atoms with Crippen molar-refractivity contribution >= 4 is 53.5 Å². The third-order valence-corrected chi connectivity index (χ3v) is 6.96. The maximum atomic E-state index is 6.50.